The van der Waals surface area contributed by atoms with Crippen molar-refractivity contribution in [1.29, 1.82) is 0 Å². The van der Waals surface area contributed by atoms with Gasteiger partial charge in [0.15, 0.2) is 0 Å². The van der Waals surface area contributed by atoms with E-state index in [0.29, 0.717) is 6.61 Å². The van der Waals surface area contributed by atoms with E-state index in [1.807, 2.05) is 13.8 Å². The van der Waals surface area contributed by atoms with Gasteiger partial charge >= 0.3 is 0 Å². The summed E-state index contributed by atoms with van der Waals surface area (Å²) in [4.78, 5) is 0. The molecule has 1 nitrogen and oxygen atoms in total. The first-order chi connectivity index (χ1) is 5.31. The van der Waals surface area contributed by atoms with E-state index < -0.39 is 11.3 Å². The number of ether oxygens (including phenoxy) is 1. The van der Waals surface area contributed by atoms with Crippen LogP contribution >= 0.6 is 9.24 Å². The van der Waals surface area contributed by atoms with Gasteiger partial charge in [-0.2, -0.15) is 8.78 Å². The quantitative estimate of drug-likeness (QED) is 0.635. The largest absolute Gasteiger partial charge is 0.369 e. The summed E-state index contributed by atoms with van der Waals surface area (Å²) in [6, 6.07) is 0. The molecule has 0 aliphatic rings. The van der Waals surface area contributed by atoms with E-state index in [9.17, 15) is 8.78 Å². The van der Waals surface area contributed by atoms with Crippen LogP contribution in [0.1, 0.15) is 34.6 Å². The SMILES string of the molecule is CC.CCOC(C)(C)C(F)(F)P. The van der Waals surface area contributed by atoms with Gasteiger partial charge in [0.25, 0.3) is 5.66 Å². The molecule has 0 amide bonds. The Morgan fingerprint density at radius 2 is 1.58 bits per heavy atom. The summed E-state index contributed by atoms with van der Waals surface area (Å²) >= 11 is 0. The zero-order chi connectivity index (χ0) is 10.4. The maximum atomic E-state index is 12.5. The highest BCUT2D eigenvalue weighted by molar-refractivity contribution is 7.18. The minimum absolute atomic E-state index is 0.303. The molecule has 4 heteroatoms. The predicted octanol–water partition coefficient (Wildman–Crippen LogP) is 3.30. The third-order valence-corrected chi connectivity index (χ3v) is 2.00. The Morgan fingerprint density at radius 3 is 1.67 bits per heavy atom. The van der Waals surface area contributed by atoms with Crippen LogP contribution in [-0.4, -0.2) is 17.9 Å². The fourth-order valence-corrected chi connectivity index (χ4v) is 0.540. The molecule has 0 radical (unpaired) electrons. The molecular formula is C8H19F2OP. The lowest BCUT2D eigenvalue weighted by atomic mass is 10.1. The highest BCUT2D eigenvalue weighted by atomic mass is 31.0. The molecular weight excluding hydrogens is 181 g/mol. The van der Waals surface area contributed by atoms with Crippen molar-refractivity contribution >= 4 is 9.24 Å². The molecule has 0 saturated carbocycles. The van der Waals surface area contributed by atoms with E-state index in [2.05, 4.69) is 0 Å². The molecule has 1 atom stereocenters. The second-order valence-corrected chi connectivity index (χ2v) is 3.29. The van der Waals surface area contributed by atoms with Gasteiger partial charge in [0.2, 0.25) is 0 Å². The van der Waals surface area contributed by atoms with Crippen molar-refractivity contribution in [1.82, 2.24) is 0 Å². The van der Waals surface area contributed by atoms with Crippen molar-refractivity contribution < 1.29 is 13.5 Å². The Bertz CT molecular complexity index is 110. The molecule has 0 N–H and O–H groups in total. The summed E-state index contributed by atoms with van der Waals surface area (Å²) in [5.41, 5.74) is -4.24. The molecule has 0 bridgehead atoms. The van der Waals surface area contributed by atoms with Crippen LogP contribution in [0.3, 0.4) is 0 Å². The number of rotatable bonds is 3. The summed E-state index contributed by atoms with van der Waals surface area (Å²) in [6.45, 7) is 8.72. The normalized spacial score (nSPS) is 12.0. The fourth-order valence-electron chi connectivity index (χ4n) is 0.457. The van der Waals surface area contributed by atoms with Gasteiger partial charge in [-0.05, 0) is 20.8 Å². The molecule has 0 saturated heterocycles. The number of halogens is 2. The molecule has 0 aromatic heterocycles. The first kappa shape index (κ1) is 14.8. The van der Waals surface area contributed by atoms with Crippen LogP contribution in [0, 0.1) is 0 Å². The van der Waals surface area contributed by atoms with E-state index >= 15 is 0 Å². The van der Waals surface area contributed by atoms with Crippen LogP contribution in [0.5, 0.6) is 0 Å². The Hall–Kier alpha value is 0.250. The smallest absolute Gasteiger partial charge is 0.286 e. The standard InChI is InChI=1S/C6H13F2OP.C2H6/c1-4-9-5(2,3)6(7,8)10;1-2/h4,10H2,1-3H3;1-2H3. The molecule has 0 fully saturated rings. The average molecular weight is 200 g/mol. The summed E-state index contributed by atoms with van der Waals surface area (Å²) in [6.07, 6.45) is 0. The molecule has 0 aliphatic carbocycles. The number of alkyl halides is 2. The lowest BCUT2D eigenvalue weighted by molar-refractivity contribution is -0.135. The topological polar surface area (TPSA) is 9.23 Å². The number of hydrogen-bond acceptors (Lipinski definition) is 1. The van der Waals surface area contributed by atoms with Crippen LogP contribution in [-0.2, 0) is 4.74 Å². The van der Waals surface area contributed by atoms with E-state index in [0.717, 1.165) is 0 Å². The van der Waals surface area contributed by atoms with Crippen LogP contribution in [0.4, 0.5) is 8.78 Å². The molecule has 1 unspecified atom stereocenters. The summed E-state index contributed by atoms with van der Waals surface area (Å²) in [5, 5.41) is 0. The van der Waals surface area contributed by atoms with Crippen molar-refractivity contribution in [3.05, 3.63) is 0 Å². The van der Waals surface area contributed by atoms with E-state index in [-0.39, 0.29) is 0 Å². The van der Waals surface area contributed by atoms with Gasteiger partial charge in [0.1, 0.15) is 5.60 Å². The lowest BCUT2D eigenvalue weighted by Gasteiger charge is -2.30. The van der Waals surface area contributed by atoms with Crippen LogP contribution in [0.2, 0.25) is 0 Å². The van der Waals surface area contributed by atoms with Gasteiger partial charge in [0.05, 0.1) is 0 Å². The van der Waals surface area contributed by atoms with Crippen LogP contribution in [0.25, 0.3) is 0 Å². The average Bonchev–Trinajstić information content (AvgIpc) is 1.89. The van der Waals surface area contributed by atoms with Gasteiger partial charge in [0, 0.05) is 6.61 Å². The Morgan fingerprint density at radius 1 is 1.25 bits per heavy atom. The summed E-state index contributed by atoms with van der Waals surface area (Å²) in [7, 11) is 1.48. The summed E-state index contributed by atoms with van der Waals surface area (Å²) < 4.78 is 29.9. The zero-order valence-electron chi connectivity index (χ0n) is 8.45. The third-order valence-electron chi connectivity index (χ3n) is 1.31. The Labute approximate surface area is 76.1 Å². The predicted molar refractivity (Wildman–Crippen MR) is 51.7 cm³/mol. The van der Waals surface area contributed by atoms with Gasteiger partial charge in [-0.1, -0.05) is 23.1 Å². The van der Waals surface area contributed by atoms with Gasteiger partial charge < -0.3 is 4.74 Å². The highest BCUT2D eigenvalue weighted by Gasteiger charge is 2.42. The second-order valence-electron chi connectivity index (χ2n) is 2.57. The van der Waals surface area contributed by atoms with E-state index in [4.69, 9.17) is 4.74 Å². The molecule has 0 spiro atoms. The number of hydrogen-bond donors (Lipinski definition) is 0. The van der Waals surface area contributed by atoms with Crippen molar-refractivity contribution in [3.8, 4) is 0 Å². The van der Waals surface area contributed by atoms with Crippen molar-refractivity contribution in [2.75, 3.05) is 6.61 Å². The molecule has 12 heavy (non-hydrogen) atoms. The molecule has 0 aromatic carbocycles. The molecule has 0 heterocycles. The summed E-state index contributed by atoms with van der Waals surface area (Å²) in [5.74, 6) is 0. The zero-order valence-corrected chi connectivity index (χ0v) is 9.60. The van der Waals surface area contributed by atoms with Crippen molar-refractivity contribution in [2.24, 2.45) is 0 Å². The fraction of sp³-hybridized carbons (Fsp3) is 1.00. The van der Waals surface area contributed by atoms with Crippen molar-refractivity contribution in [3.63, 3.8) is 0 Å². The minimum atomic E-state index is -2.86. The van der Waals surface area contributed by atoms with Crippen LogP contribution in [0.15, 0.2) is 0 Å². The minimum Gasteiger partial charge on any atom is -0.369 e. The van der Waals surface area contributed by atoms with Gasteiger partial charge in [-0.3, -0.25) is 0 Å². The highest BCUT2D eigenvalue weighted by Crippen LogP contribution is 2.37. The lowest BCUT2D eigenvalue weighted by Crippen LogP contribution is -2.40. The second kappa shape index (κ2) is 5.82. The monoisotopic (exact) mass is 200 g/mol. The maximum absolute atomic E-state index is 12.5. The van der Waals surface area contributed by atoms with E-state index in [1.54, 1.807) is 6.92 Å². The van der Waals surface area contributed by atoms with Crippen LogP contribution < -0.4 is 0 Å². The van der Waals surface area contributed by atoms with Crippen molar-refractivity contribution in [2.45, 2.75) is 45.9 Å². The maximum Gasteiger partial charge on any atom is 0.286 e. The van der Waals surface area contributed by atoms with Gasteiger partial charge in [-0.25, -0.2) is 0 Å². The van der Waals surface area contributed by atoms with Gasteiger partial charge in [-0.15, -0.1) is 0 Å². The first-order valence-corrected chi connectivity index (χ1v) is 4.69. The van der Waals surface area contributed by atoms with E-state index in [1.165, 1.54) is 23.1 Å². The first-order valence-electron chi connectivity index (χ1n) is 4.12. The third kappa shape index (κ3) is 5.00. The molecule has 0 aliphatic heterocycles. The molecule has 0 aromatic rings. The Kier molecular flexibility index (Phi) is 7.16. The molecule has 0 rings (SSSR count). The Balaban J connectivity index is 0. The molecule has 76 valence electrons.